The van der Waals surface area contributed by atoms with Crippen LogP contribution in [0.15, 0.2) is 47.4 Å². The first kappa shape index (κ1) is 14.8. The van der Waals surface area contributed by atoms with E-state index in [0.29, 0.717) is 17.4 Å². The minimum atomic E-state index is -1.10. The Labute approximate surface area is 123 Å². The van der Waals surface area contributed by atoms with Gasteiger partial charge in [-0.15, -0.1) is 0 Å². The highest BCUT2D eigenvalue weighted by molar-refractivity contribution is 7.84. The summed E-state index contributed by atoms with van der Waals surface area (Å²) in [5.41, 5.74) is 10.0. The van der Waals surface area contributed by atoms with Gasteiger partial charge >= 0.3 is 0 Å². The SMILES string of the molecule is Cc1cccc(S(=O)Cc2ccc(C(C)C)cc2)c1N. The summed E-state index contributed by atoms with van der Waals surface area (Å²) < 4.78 is 12.4. The van der Waals surface area contributed by atoms with Crippen LogP contribution in [0.1, 0.15) is 36.5 Å². The molecule has 0 heterocycles. The van der Waals surface area contributed by atoms with Crippen LogP contribution in [0.4, 0.5) is 5.69 Å². The van der Waals surface area contributed by atoms with E-state index in [-0.39, 0.29) is 0 Å². The first-order chi connectivity index (χ1) is 9.49. The summed E-state index contributed by atoms with van der Waals surface area (Å²) in [6, 6.07) is 14.0. The van der Waals surface area contributed by atoms with Crippen LogP contribution < -0.4 is 5.73 Å². The summed E-state index contributed by atoms with van der Waals surface area (Å²) in [5, 5.41) is 0. The third-order valence-electron chi connectivity index (χ3n) is 3.47. The second kappa shape index (κ2) is 6.23. The van der Waals surface area contributed by atoms with Crippen molar-refractivity contribution in [1.82, 2.24) is 0 Å². The van der Waals surface area contributed by atoms with E-state index in [4.69, 9.17) is 5.73 Å². The summed E-state index contributed by atoms with van der Waals surface area (Å²) in [6.07, 6.45) is 0. The molecule has 2 aromatic rings. The van der Waals surface area contributed by atoms with E-state index < -0.39 is 10.8 Å². The van der Waals surface area contributed by atoms with Gasteiger partial charge < -0.3 is 5.73 Å². The second-order valence-corrected chi connectivity index (χ2v) is 6.79. The first-order valence-corrected chi connectivity index (χ1v) is 8.13. The van der Waals surface area contributed by atoms with Crippen LogP contribution in [-0.2, 0) is 16.6 Å². The molecular weight excluding hydrogens is 266 g/mol. The largest absolute Gasteiger partial charge is 0.398 e. The fraction of sp³-hybridized carbons (Fsp3) is 0.294. The molecule has 0 spiro atoms. The van der Waals surface area contributed by atoms with Gasteiger partial charge in [-0.1, -0.05) is 50.2 Å². The molecule has 0 bridgehead atoms. The Bertz CT molecular complexity index is 617. The highest BCUT2D eigenvalue weighted by atomic mass is 32.2. The quantitative estimate of drug-likeness (QED) is 0.863. The Morgan fingerprint density at radius 2 is 1.75 bits per heavy atom. The fourth-order valence-electron chi connectivity index (χ4n) is 2.08. The molecule has 2 rings (SSSR count). The van der Waals surface area contributed by atoms with Crippen LogP contribution in [0.5, 0.6) is 0 Å². The molecule has 20 heavy (non-hydrogen) atoms. The molecule has 0 radical (unpaired) electrons. The monoisotopic (exact) mass is 287 g/mol. The van der Waals surface area contributed by atoms with E-state index in [2.05, 4.69) is 38.1 Å². The Kier molecular flexibility index (Phi) is 4.61. The number of hydrogen-bond donors (Lipinski definition) is 1. The van der Waals surface area contributed by atoms with E-state index in [1.54, 1.807) is 0 Å². The molecule has 0 aliphatic rings. The molecule has 0 aliphatic heterocycles. The first-order valence-electron chi connectivity index (χ1n) is 6.81. The van der Waals surface area contributed by atoms with Crippen LogP contribution in [0, 0.1) is 6.92 Å². The number of para-hydroxylation sites is 1. The van der Waals surface area contributed by atoms with Crippen molar-refractivity contribution in [3.63, 3.8) is 0 Å². The van der Waals surface area contributed by atoms with E-state index in [9.17, 15) is 4.21 Å². The zero-order valence-electron chi connectivity index (χ0n) is 12.2. The molecule has 106 valence electrons. The molecule has 0 fully saturated rings. The maximum Gasteiger partial charge on any atom is 0.0623 e. The number of hydrogen-bond acceptors (Lipinski definition) is 2. The Morgan fingerprint density at radius 3 is 2.35 bits per heavy atom. The minimum absolute atomic E-state index is 0.506. The topological polar surface area (TPSA) is 43.1 Å². The number of rotatable bonds is 4. The third-order valence-corrected chi connectivity index (χ3v) is 4.92. The van der Waals surface area contributed by atoms with Gasteiger partial charge in [0.2, 0.25) is 0 Å². The summed E-state index contributed by atoms with van der Waals surface area (Å²) in [6.45, 7) is 6.27. The molecule has 0 aromatic heterocycles. The van der Waals surface area contributed by atoms with Crippen molar-refractivity contribution in [2.75, 3.05) is 5.73 Å². The van der Waals surface area contributed by atoms with Gasteiger partial charge in [0.05, 0.1) is 27.1 Å². The number of benzene rings is 2. The van der Waals surface area contributed by atoms with Crippen molar-refractivity contribution in [3.8, 4) is 0 Å². The zero-order valence-corrected chi connectivity index (χ0v) is 13.0. The average Bonchev–Trinajstić information content (AvgIpc) is 2.42. The predicted molar refractivity (Wildman–Crippen MR) is 86.2 cm³/mol. The molecule has 0 aliphatic carbocycles. The lowest BCUT2D eigenvalue weighted by molar-refractivity contribution is 0.683. The zero-order chi connectivity index (χ0) is 14.7. The fourth-order valence-corrected chi connectivity index (χ4v) is 3.37. The van der Waals surface area contributed by atoms with Crippen molar-refractivity contribution in [1.29, 1.82) is 0 Å². The Hall–Kier alpha value is -1.61. The smallest absolute Gasteiger partial charge is 0.0623 e. The van der Waals surface area contributed by atoms with Gasteiger partial charge in [-0.3, -0.25) is 4.21 Å². The summed E-state index contributed by atoms with van der Waals surface area (Å²) in [7, 11) is -1.10. The summed E-state index contributed by atoms with van der Waals surface area (Å²) in [5.74, 6) is 1.02. The molecular formula is C17H21NOS. The summed E-state index contributed by atoms with van der Waals surface area (Å²) in [4.78, 5) is 0.734. The average molecular weight is 287 g/mol. The number of nitrogen functional groups attached to an aromatic ring is 1. The highest BCUT2D eigenvalue weighted by Gasteiger charge is 2.10. The minimum Gasteiger partial charge on any atom is -0.398 e. The van der Waals surface area contributed by atoms with Crippen LogP contribution in [0.2, 0.25) is 0 Å². The van der Waals surface area contributed by atoms with Crippen LogP contribution >= 0.6 is 0 Å². The number of nitrogens with two attached hydrogens (primary N) is 1. The molecule has 0 saturated carbocycles. The van der Waals surface area contributed by atoms with Gasteiger partial charge in [-0.05, 0) is 35.6 Å². The second-order valence-electron chi connectivity index (χ2n) is 5.37. The highest BCUT2D eigenvalue weighted by Crippen LogP contribution is 2.23. The van der Waals surface area contributed by atoms with E-state index in [0.717, 1.165) is 16.0 Å². The molecule has 0 saturated heterocycles. The van der Waals surface area contributed by atoms with E-state index in [1.165, 1.54) is 5.56 Å². The molecule has 3 heteroatoms. The summed E-state index contributed by atoms with van der Waals surface area (Å²) >= 11 is 0. The van der Waals surface area contributed by atoms with Crippen LogP contribution in [0.3, 0.4) is 0 Å². The van der Waals surface area contributed by atoms with Crippen molar-refractivity contribution < 1.29 is 4.21 Å². The van der Waals surface area contributed by atoms with E-state index >= 15 is 0 Å². The number of aryl methyl sites for hydroxylation is 1. The molecule has 2 N–H and O–H groups in total. The maximum atomic E-state index is 12.4. The van der Waals surface area contributed by atoms with Crippen molar-refractivity contribution >= 4 is 16.5 Å². The normalized spacial score (nSPS) is 12.6. The van der Waals surface area contributed by atoms with Crippen LogP contribution in [-0.4, -0.2) is 4.21 Å². The molecule has 1 unspecified atom stereocenters. The van der Waals surface area contributed by atoms with Gasteiger partial charge in [-0.2, -0.15) is 0 Å². The molecule has 2 nitrogen and oxygen atoms in total. The van der Waals surface area contributed by atoms with Gasteiger partial charge in [0.1, 0.15) is 0 Å². The lowest BCUT2D eigenvalue weighted by Crippen LogP contribution is -2.02. The van der Waals surface area contributed by atoms with Crippen molar-refractivity contribution in [2.45, 2.75) is 37.3 Å². The van der Waals surface area contributed by atoms with Gasteiger partial charge in [0.15, 0.2) is 0 Å². The Morgan fingerprint density at radius 1 is 1.10 bits per heavy atom. The molecule has 0 amide bonds. The Balaban J connectivity index is 2.17. The third kappa shape index (κ3) is 3.28. The van der Waals surface area contributed by atoms with Crippen LogP contribution in [0.25, 0.3) is 0 Å². The lowest BCUT2D eigenvalue weighted by atomic mass is 10.0. The van der Waals surface area contributed by atoms with E-state index in [1.807, 2.05) is 25.1 Å². The van der Waals surface area contributed by atoms with Crippen molar-refractivity contribution in [2.24, 2.45) is 0 Å². The van der Waals surface area contributed by atoms with Crippen molar-refractivity contribution in [3.05, 3.63) is 59.2 Å². The van der Waals surface area contributed by atoms with Gasteiger partial charge in [0.25, 0.3) is 0 Å². The van der Waals surface area contributed by atoms with Gasteiger partial charge in [0, 0.05) is 0 Å². The molecule has 2 aromatic carbocycles. The molecule has 1 atom stereocenters. The lowest BCUT2D eigenvalue weighted by Gasteiger charge is -2.09. The maximum absolute atomic E-state index is 12.4. The standard InChI is InChI=1S/C17H21NOS/c1-12(2)15-9-7-14(8-10-15)11-20(19)16-6-4-5-13(3)17(16)18/h4-10,12H,11,18H2,1-3H3. The number of anilines is 1. The predicted octanol–water partition coefficient (Wildman–Crippen LogP) is 4.01. The van der Waals surface area contributed by atoms with Gasteiger partial charge in [-0.25, -0.2) is 0 Å².